The molecule has 0 aliphatic rings. The number of esters is 1. The summed E-state index contributed by atoms with van der Waals surface area (Å²) in [6, 6.07) is 2.83. The number of nitro groups is 1. The Balaban J connectivity index is 2.47. The van der Waals surface area contributed by atoms with Crippen LogP contribution in [0.2, 0.25) is 0 Å². The van der Waals surface area contributed by atoms with E-state index in [9.17, 15) is 28.9 Å². The molecule has 1 rings (SSSR count). The first-order valence-electron chi connectivity index (χ1n) is 8.30. The summed E-state index contributed by atoms with van der Waals surface area (Å²) in [5.74, 6) is -2.54. The molecule has 2 N–H and O–H groups in total. The quantitative estimate of drug-likeness (QED) is 0.408. The van der Waals surface area contributed by atoms with Gasteiger partial charge in [-0.1, -0.05) is 0 Å². The van der Waals surface area contributed by atoms with Gasteiger partial charge < -0.3 is 20.1 Å². The predicted octanol–water partition coefficient (Wildman–Crippen LogP) is 2.52. The number of alkyl carbamates (subject to hydrolysis) is 1. The summed E-state index contributed by atoms with van der Waals surface area (Å²) in [6.45, 7) is 6.32. The second-order valence-electron chi connectivity index (χ2n) is 6.72. The standard InChI is InChI=1S/C17H22FN3O7/c1-10(27-14(22)7-8-19-16(24)28-17(2,3)4)15(23)20-11-5-6-12(18)13(9-11)21(25)26/h5-6,9-10H,7-8H2,1-4H3,(H,19,24)(H,20,23)/t10-/m0/s1. The van der Waals surface area contributed by atoms with Gasteiger partial charge in [0.1, 0.15) is 5.60 Å². The Bertz CT molecular complexity index is 762. The van der Waals surface area contributed by atoms with Gasteiger partial charge in [-0.05, 0) is 39.8 Å². The van der Waals surface area contributed by atoms with Crippen LogP contribution in [0.3, 0.4) is 0 Å². The van der Waals surface area contributed by atoms with E-state index in [0.29, 0.717) is 0 Å². The summed E-state index contributed by atoms with van der Waals surface area (Å²) in [5, 5.41) is 15.4. The van der Waals surface area contributed by atoms with Crippen LogP contribution in [0.15, 0.2) is 18.2 Å². The second kappa shape index (κ2) is 9.62. The molecule has 0 aliphatic heterocycles. The molecule has 0 aromatic heterocycles. The lowest BCUT2D eigenvalue weighted by molar-refractivity contribution is -0.387. The number of ether oxygens (including phenoxy) is 2. The predicted molar refractivity (Wildman–Crippen MR) is 96.1 cm³/mol. The van der Waals surface area contributed by atoms with Crippen molar-refractivity contribution >= 4 is 29.3 Å². The summed E-state index contributed by atoms with van der Waals surface area (Å²) < 4.78 is 23.2. The lowest BCUT2D eigenvalue weighted by Crippen LogP contribution is -2.35. The molecule has 0 aliphatic carbocycles. The lowest BCUT2D eigenvalue weighted by atomic mass is 10.2. The number of carbonyl (C=O) groups excluding carboxylic acids is 3. The van der Waals surface area contributed by atoms with Crippen molar-refractivity contribution in [1.29, 1.82) is 0 Å². The number of carbonyl (C=O) groups is 3. The van der Waals surface area contributed by atoms with Gasteiger partial charge in [-0.3, -0.25) is 19.7 Å². The van der Waals surface area contributed by atoms with E-state index in [1.165, 1.54) is 6.92 Å². The third kappa shape index (κ3) is 7.98. The van der Waals surface area contributed by atoms with Crippen molar-refractivity contribution in [3.05, 3.63) is 34.1 Å². The van der Waals surface area contributed by atoms with Crippen molar-refractivity contribution in [3.63, 3.8) is 0 Å². The van der Waals surface area contributed by atoms with Crippen molar-refractivity contribution in [2.45, 2.75) is 45.8 Å². The fourth-order valence-corrected chi connectivity index (χ4v) is 1.86. The Kier molecular flexibility index (Phi) is 7.84. The van der Waals surface area contributed by atoms with E-state index in [4.69, 9.17) is 9.47 Å². The molecule has 0 unspecified atom stereocenters. The molecule has 1 aromatic carbocycles. The summed E-state index contributed by atoms with van der Waals surface area (Å²) in [7, 11) is 0. The van der Waals surface area contributed by atoms with Crippen molar-refractivity contribution in [2.24, 2.45) is 0 Å². The van der Waals surface area contributed by atoms with E-state index in [0.717, 1.165) is 18.2 Å². The Hall–Kier alpha value is -3.24. The maximum atomic E-state index is 13.3. The molecule has 0 bridgehead atoms. The minimum absolute atomic E-state index is 0.0207. The van der Waals surface area contributed by atoms with E-state index >= 15 is 0 Å². The molecule has 0 spiro atoms. The van der Waals surface area contributed by atoms with E-state index in [-0.39, 0.29) is 18.7 Å². The second-order valence-corrected chi connectivity index (χ2v) is 6.72. The highest BCUT2D eigenvalue weighted by Gasteiger charge is 2.21. The summed E-state index contributed by atoms with van der Waals surface area (Å²) in [5.41, 5.74) is -1.49. The zero-order chi connectivity index (χ0) is 21.5. The topological polar surface area (TPSA) is 137 Å². The molecule has 0 fully saturated rings. The number of hydrogen-bond donors (Lipinski definition) is 2. The highest BCUT2D eigenvalue weighted by Crippen LogP contribution is 2.21. The first-order valence-corrected chi connectivity index (χ1v) is 8.30. The van der Waals surface area contributed by atoms with Crippen LogP contribution in [-0.4, -0.2) is 41.1 Å². The van der Waals surface area contributed by atoms with Crippen LogP contribution >= 0.6 is 0 Å². The first-order chi connectivity index (χ1) is 12.9. The van der Waals surface area contributed by atoms with Crippen molar-refractivity contribution in [3.8, 4) is 0 Å². The normalized spacial score (nSPS) is 11.9. The Labute approximate surface area is 160 Å². The summed E-state index contributed by atoms with van der Waals surface area (Å²) in [6.07, 6.45) is -2.10. The van der Waals surface area contributed by atoms with Crippen LogP contribution in [0, 0.1) is 15.9 Å². The lowest BCUT2D eigenvalue weighted by Gasteiger charge is -2.19. The first kappa shape index (κ1) is 22.8. The highest BCUT2D eigenvalue weighted by atomic mass is 19.1. The van der Waals surface area contributed by atoms with Crippen LogP contribution in [0.1, 0.15) is 34.1 Å². The van der Waals surface area contributed by atoms with Gasteiger partial charge in [-0.2, -0.15) is 4.39 Å². The molecule has 0 saturated carbocycles. The van der Waals surface area contributed by atoms with Gasteiger partial charge in [0.25, 0.3) is 5.91 Å². The van der Waals surface area contributed by atoms with E-state index in [1.54, 1.807) is 20.8 Å². The van der Waals surface area contributed by atoms with Gasteiger partial charge in [-0.25, -0.2) is 4.79 Å². The average molecular weight is 399 g/mol. The summed E-state index contributed by atoms with van der Waals surface area (Å²) >= 11 is 0. The largest absolute Gasteiger partial charge is 0.452 e. The maximum absolute atomic E-state index is 13.3. The number of amides is 2. The Morgan fingerprint density at radius 3 is 2.50 bits per heavy atom. The monoisotopic (exact) mass is 399 g/mol. The van der Waals surface area contributed by atoms with E-state index in [2.05, 4.69) is 10.6 Å². The van der Waals surface area contributed by atoms with Crippen molar-refractivity contribution in [2.75, 3.05) is 11.9 Å². The molecular weight excluding hydrogens is 377 g/mol. The third-order valence-electron chi connectivity index (χ3n) is 3.09. The molecule has 1 atom stereocenters. The zero-order valence-electron chi connectivity index (χ0n) is 15.9. The van der Waals surface area contributed by atoms with Crippen LogP contribution < -0.4 is 10.6 Å². The SMILES string of the molecule is C[C@H](OC(=O)CCNC(=O)OC(C)(C)C)C(=O)Nc1ccc(F)c([N+](=O)[O-])c1. The molecule has 1 aromatic rings. The minimum Gasteiger partial charge on any atom is -0.452 e. The zero-order valence-corrected chi connectivity index (χ0v) is 15.9. The van der Waals surface area contributed by atoms with Gasteiger partial charge in [0.15, 0.2) is 6.10 Å². The molecule has 2 amide bonds. The molecule has 0 saturated heterocycles. The van der Waals surface area contributed by atoms with Gasteiger partial charge in [0.05, 0.1) is 11.3 Å². The molecule has 0 radical (unpaired) electrons. The number of halogens is 1. The fraction of sp³-hybridized carbons (Fsp3) is 0.471. The molecule has 28 heavy (non-hydrogen) atoms. The third-order valence-corrected chi connectivity index (χ3v) is 3.09. The number of nitrogens with zero attached hydrogens (tertiary/aromatic N) is 1. The van der Waals surface area contributed by atoms with Crippen LogP contribution in [0.4, 0.5) is 20.6 Å². The number of benzene rings is 1. The molecular formula is C17H22FN3O7. The molecule has 11 heteroatoms. The number of hydrogen-bond acceptors (Lipinski definition) is 7. The maximum Gasteiger partial charge on any atom is 0.407 e. The molecule has 10 nitrogen and oxygen atoms in total. The van der Waals surface area contributed by atoms with Gasteiger partial charge >= 0.3 is 17.7 Å². The Morgan fingerprint density at radius 2 is 1.93 bits per heavy atom. The Morgan fingerprint density at radius 1 is 1.29 bits per heavy atom. The smallest absolute Gasteiger partial charge is 0.407 e. The van der Waals surface area contributed by atoms with Crippen molar-refractivity contribution < 1.29 is 33.2 Å². The van der Waals surface area contributed by atoms with Crippen LogP contribution in [0.25, 0.3) is 0 Å². The average Bonchev–Trinajstić information content (AvgIpc) is 2.54. The van der Waals surface area contributed by atoms with Crippen molar-refractivity contribution in [1.82, 2.24) is 5.32 Å². The number of nitrogens with one attached hydrogen (secondary N) is 2. The van der Waals surface area contributed by atoms with Gasteiger partial charge in [-0.15, -0.1) is 0 Å². The highest BCUT2D eigenvalue weighted by molar-refractivity contribution is 5.95. The van der Waals surface area contributed by atoms with Crippen LogP contribution in [-0.2, 0) is 19.1 Å². The number of nitro benzene ring substituents is 1. The molecule has 0 heterocycles. The fourth-order valence-electron chi connectivity index (χ4n) is 1.86. The van der Waals surface area contributed by atoms with Crippen LogP contribution in [0.5, 0.6) is 0 Å². The number of anilines is 1. The van der Waals surface area contributed by atoms with E-state index < -0.39 is 46.1 Å². The van der Waals surface area contributed by atoms with Gasteiger partial charge in [0, 0.05) is 18.3 Å². The molecule has 154 valence electrons. The minimum atomic E-state index is -1.21. The number of rotatable bonds is 7. The summed E-state index contributed by atoms with van der Waals surface area (Å²) in [4.78, 5) is 45.0. The van der Waals surface area contributed by atoms with E-state index in [1.807, 2.05) is 0 Å². The van der Waals surface area contributed by atoms with Gasteiger partial charge in [0.2, 0.25) is 5.82 Å².